The predicted octanol–water partition coefficient (Wildman–Crippen LogP) is 7.50. The lowest BCUT2D eigenvalue weighted by molar-refractivity contribution is 0.589. The van der Waals surface area contributed by atoms with E-state index < -0.39 is 0 Å². The molecule has 3 aromatic carbocycles. The Bertz CT molecular complexity index is 1090. The SMILES string of the molecule is Brc1ccc(/C=C/C=C/c2ccc(-c3ncc(-c4ccccc4)o3)cc2)cc1. The molecule has 0 aliphatic carbocycles. The Balaban J connectivity index is 1.42. The van der Waals surface area contributed by atoms with E-state index in [-0.39, 0.29) is 0 Å². The van der Waals surface area contributed by atoms with Crippen LogP contribution in [0.15, 0.2) is 106 Å². The largest absolute Gasteiger partial charge is 0.436 e. The Labute approximate surface area is 173 Å². The summed E-state index contributed by atoms with van der Waals surface area (Å²) in [4.78, 5) is 4.41. The molecule has 0 N–H and O–H groups in total. The van der Waals surface area contributed by atoms with Gasteiger partial charge >= 0.3 is 0 Å². The molecule has 4 rings (SSSR count). The maximum absolute atomic E-state index is 5.91. The first kappa shape index (κ1) is 18.2. The van der Waals surface area contributed by atoms with Gasteiger partial charge in [-0.3, -0.25) is 0 Å². The second-order valence-electron chi connectivity index (χ2n) is 6.29. The summed E-state index contributed by atoms with van der Waals surface area (Å²) >= 11 is 3.44. The molecule has 1 heterocycles. The molecule has 0 amide bonds. The van der Waals surface area contributed by atoms with Crippen molar-refractivity contribution >= 4 is 28.1 Å². The van der Waals surface area contributed by atoms with Crippen molar-refractivity contribution in [1.82, 2.24) is 4.98 Å². The van der Waals surface area contributed by atoms with Crippen LogP contribution >= 0.6 is 15.9 Å². The summed E-state index contributed by atoms with van der Waals surface area (Å²) in [5, 5.41) is 0. The van der Waals surface area contributed by atoms with Crippen LogP contribution in [0.5, 0.6) is 0 Å². The number of nitrogens with zero attached hydrogens (tertiary/aromatic N) is 1. The van der Waals surface area contributed by atoms with E-state index in [9.17, 15) is 0 Å². The highest BCUT2D eigenvalue weighted by atomic mass is 79.9. The van der Waals surface area contributed by atoms with Crippen molar-refractivity contribution in [3.63, 3.8) is 0 Å². The average molecular weight is 428 g/mol. The molecule has 0 aliphatic heterocycles. The standard InChI is InChI=1S/C25H18BrNO/c26-23-16-12-20(13-17-23)7-5-4-6-19-10-14-22(15-11-19)25-27-18-24(28-25)21-8-2-1-3-9-21/h1-18H/b6-4+,7-5+. The zero-order valence-corrected chi connectivity index (χ0v) is 16.7. The quantitative estimate of drug-likeness (QED) is 0.308. The third kappa shape index (κ3) is 4.56. The molecule has 0 radical (unpaired) electrons. The summed E-state index contributed by atoms with van der Waals surface area (Å²) in [5.74, 6) is 1.40. The van der Waals surface area contributed by atoms with Gasteiger partial charge in [-0.1, -0.05) is 94.8 Å². The van der Waals surface area contributed by atoms with E-state index in [4.69, 9.17) is 4.42 Å². The predicted molar refractivity (Wildman–Crippen MR) is 120 cm³/mol. The number of halogens is 1. The lowest BCUT2D eigenvalue weighted by atomic mass is 10.1. The second kappa shape index (κ2) is 8.68. The summed E-state index contributed by atoms with van der Waals surface area (Å²) in [6.45, 7) is 0. The Hall–Kier alpha value is -3.17. The van der Waals surface area contributed by atoms with E-state index in [2.05, 4.69) is 57.3 Å². The van der Waals surface area contributed by atoms with Crippen LogP contribution in [0.1, 0.15) is 11.1 Å². The van der Waals surface area contributed by atoms with Gasteiger partial charge < -0.3 is 4.42 Å². The highest BCUT2D eigenvalue weighted by Crippen LogP contribution is 2.26. The first-order valence-electron chi connectivity index (χ1n) is 9.00. The number of oxazole rings is 1. The fourth-order valence-electron chi connectivity index (χ4n) is 2.79. The molecule has 4 aromatic rings. The lowest BCUT2D eigenvalue weighted by Crippen LogP contribution is -1.77. The van der Waals surface area contributed by atoms with E-state index >= 15 is 0 Å². The molecule has 0 saturated heterocycles. The summed E-state index contributed by atoms with van der Waals surface area (Å²) in [6.07, 6.45) is 10.00. The van der Waals surface area contributed by atoms with E-state index in [0.717, 1.165) is 26.9 Å². The topological polar surface area (TPSA) is 26.0 Å². The molecule has 0 spiro atoms. The van der Waals surface area contributed by atoms with Crippen LogP contribution in [-0.4, -0.2) is 4.98 Å². The van der Waals surface area contributed by atoms with Crippen LogP contribution in [0.2, 0.25) is 0 Å². The van der Waals surface area contributed by atoms with Crippen LogP contribution in [-0.2, 0) is 0 Å². The Morgan fingerprint density at radius 3 is 1.93 bits per heavy atom. The van der Waals surface area contributed by atoms with Crippen LogP contribution in [0, 0.1) is 0 Å². The number of hydrogen-bond acceptors (Lipinski definition) is 2. The maximum Gasteiger partial charge on any atom is 0.226 e. The molecule has 0 fully saturated rings. The average Bonchev–Trinajstić information content (AvgIpc) is 3.24. The second-order valence-corrected chi connectivity index (χ2v) is 7.20. The number of benzene rings is 3. The number of allylic oxidation sites excluding steroid dienone is 2. The minimum atomic E-state index is 0.629. The summed E-state index contributed by atoms with van der Waals surface area (Å²) in [6, 6.07) is 26.4. The molecule has 0 atom stereocenters. The number of rotatable bonds is 5. The third-order valence-electron chi connectivity index (χ3n) is 4.28. The van der Waals surface area contributed by atoms with Crippen molar-refractivity contribution in [1.29, 1.82) is 0 Å². The molecule has 0 unspecified atom stereocenters. The molecule has 0 saturated carbocycles. The van der Waals surface area contributed by atoms with E-state index in [1.54, 1.807) is 6.20 Å². The van der Waals surface area contributed by atoms with Crippen LogP contribution < -0.4 is 0 Å². The Kier molecular flexibility index (Phi) is 5.64. The van der Waals surface area contributed by atoms with Crippen LogP contribution in [0.25, 0.3) is 34.9 Å². The van der Waals surface area contributed by atoms with Gasteiger partial charge in [0.25, 0.3) is 0 Å². The van der Waals surface area contributed by atoms with Crippen molar-refractivity contribution in [3.05, 3.63) is 113 Å². The Morgan fingerprint density at radius 1 is 0.679 bits per heavy atom. The van der Waals surface area contributed by atoms with Crippen molar-refractivity contribution in [2.75, 3.05) is 0 Å². The zero-order chi connectivity index (χ0) is 19.2. The first-order valence-corrected chi connectivity index (χ1v) is 9.79. The van der Waals surface area contributed by atoms with Crippen LogP contribution in [0.3, 0.4) is 0 Å². The van der Waals surface area contributed by atoms with Crippen molar-refractivity contribution < 1.29 is 4.42 Å². The molecular weight excluding hydrogens is 410 g/mol. The first-order chi connectivity index (χ1) is 13.8. The fourth-order valence-corrected chi connectivity index (χ4v) is 3.05. The highest BCUT2D eigenvalue weighted by molar-refractivity contribution is 9.10. The van der Waals surface area contributed by atoms with Crippen molar-refractivity contribution in [2.24, 2.45) is 0 Å². The zero-order valence-electron chi connectivity index (χ0n) is 15.1. The summed E-state index contributed by atoms with van der Waals surface area (Å²) in [7, 11) is 0. The van der Waals surface area contributed by atoms with Gasteiger partial charge in [-0.2, -0.15) is 0 Å². The van der Waals surface area contributed by atoms with E-state index in [1.165, 1.54) is 5.56 Å². The van der Waals surface area contributed by atoms with Gasteiger partial charge in [0, 0.05) is 15.6 Å². The third-order valence-corrected chi connectivity index (χ3v) is 4.81. The van der Waals surface area contributed by atoms with E-state index in [1.807, 2.05) is 66.7 Å². The smallest absolute Gasteiger partial charge is 0.226 e. The van der Waals surface area contributed by atoms with Gasteiger partial charge in [-0.15, -0.1) is 0 Å². The minimum Gasteiger partial charge on any atom is -0.436 e. The monoisotopic (exact) mass is 427 g/mol. The number of hydrogen-bond donors (Lipinski definition) is 0. The van der Waals surface area contributed by atoms with Crippen LogP contribution in [0.4, 0.5) is 0 Å². The van der Waals surface area contributed by atoms with Gasteiger partial charge in [0.2, 0.25) is 5.89 Å². The molecule has 3 heteroatoms. The molecule has 1 aromatic heterocycles. The molecule has 2 nitrogen and oxygen atoms in total. The molecule has 0 aliphatic rings. The van der Waals surface area contributed by atoms with Gasteiger partial charge in [0.05, 0.1) is 6.20 Å². The fraction of sp³-hybridized carbons (Fsp3) is 0. The lowest BCUT2D eigenvalue weighted by Gasteiger charge is -1.98. The number of aromatic nitrogens is 1. The van der Waals surface area contributed by atoms with Gasteiger partial charge in [-0.05, 0) is 35.4 Å². The molecule has 28 heavy (non-hydrogen) atoms. The highest BCUT2D eigenvalue weighted by Gasteiger charge is 2.07. The van der Waals surface area contributed by atoms with Gasteiger partial charge in [-0.25, -0.2) is 4.98 Å². The van der Waals surface area contributed by atoms with E-state index in [0.29, 0.717) is 5.89 Å². The van der Waals surface area contributed by atoms with Crippen molar-refractivity contribution in [3.8, 4) is 22.8 Å². The van der Waals surface area contributed by atoms with Crippen molar-refractivity contribution in [2.45, 2.75) is 0 Å². The van der Waals surface area contributed by atoms with Gasteiger partial charge in [0.1, 0.15) is 0 Å². The molecular formula is C25H18BrNO. The molecule has 0 bridgehead atoms. The molecule has 136 valence electrons. The summed E-state index contributed by atoms with van der Waals surface area (Å²) in [5.41, 5.74) is 4.28. The van der Waals surface area contributed by atoms with Gasteiger partial charge in [0.15, 0.2) is 5.76 Å². The normalized spacial score (nSPS) is 11.5. The summed E-state index contributed by atoms with van der Waals surface area (Å²) < 4.78 is 6.99. The Morgan fingerprint density at radius 2 is 1.29 bits per heavy atom. The maximum atomic E-state index is 5.91. The minimum absolute atomic E-state index is 0.629.